The SMILES string of the molecule is CC(C)(C)C(=O)O.[MgH2]. The van der Waals surface area contributed by atoms with Crippen LogP contribution in [0.15, 0.2) is 0 Å². The fourth-order valence-electron chi connectivity index (χ4n) is 0. The molecule has 0 bridgehead atoms. The minimum absolute atomic E-state index is 0. The molecule has 2 nitrogen and oxygen atoms in total. The van der Waals surface area contributed by atoms with E-state index >= 15 is 0 Å². The van der Waals surface area contributed by atoms with Crippen molar-refractivity contribution in [3.05, 3.63) is 0 Å². The summed E-state index contributed by atoms with van der Waals surface area (Å²) in [4.78, 5) is 10.0. The number of carboxylic acids is 1. The molecule has 46 valence electrons. The van der Waals surface area contributed by atoms with E-state index in [-0.39, 0.29) is 23.1 Å². The fourth-order valence-corrected chi connectivity index (χ4v) is 0. The van der Waals surface area contributed by atoms with Crippen LogP contribution in [-0.2, 0) is 4.79 Å². The Balaban J connectivity index is 0. The first-order chi connectivity index (χ1) is 2.94. The van der Waals surface area contributed by atoms with Crippen molar-refractivity contribution in [1.82, 2.24) is 0 Å². The van der Waals surface area contributed by atoms with Gasteiger partial charge in [-0.3, -0.25) is 4.79 Å². The summed E-state index contributed by atoms with van der Waals surface area (Å²) in [5.41, 5.74) is -0.583. The zero-order chi connectivity index (χ0) is 6.08. The van der Waals surface area contributed by atoms with Crippen LogP contribution in [0.4, 0.5) is 0 Å². The van der Waals surface area contributed by atoms with Gasteiger partial charge in [-0.25, -0.2) is 0 Å². The van der Waals surface area contributed by atoms with Gasteiger partial charge >= 0.3 is 29.0 Å². The zero-order valence-electron chi connectivity index (χ0n) is 4.86. The Hall–Kier alpha value is 0.236. The van der Waals surface area contributed by atoms with Crippen LogP contribution in [0.1, 0.15) is 20.8 Å². The first-order valence-corrected chi connectivity index (χ1v) is 2.18. The summed E-state index contributed by atoms with van der Waals surface area (Å²) < 4.78 is 0. The van der Waals surface area contributed by atoms with Crippen molar-refractivity contribution < 1.29 is 9.90 Å². The molecule has 0 unspecified atom stereocenters. The average Bonchev–Trinajstić information content (AvgIpc) is 1.31. The molecule has 0 saturated carbocycles. The molecule has 0 atom stereocenters. The second-order valence-corrected chi connectivity index (χ2v) is 2.56. The van der Waals surface area contributed by atoms with Crippen molar-refractivity contribution in [3.63, 3.8) is 0 Å². The lowest BCUT2D eigenvalue weighted by atomic mass is 9.98. The summed E-state index contributed by atoms with van der Waals surface area (Å²) in [6.45, 7) is 4.99. The van der Waals surface area contributed by atoms with Gasteiger partial charge in [0.15, 0.2) is 0 Å². The molecule has 3 heteroatoms. The lowest BCUT2D eigenvalue weighted by molar-refractivity contribution is -0.145. The van der Waals surface area contributed by atoms with Gasteiger partial charge in [0.2, 0.25) is 0 Å². The van der Waals surface area contributed by atoms with Crippen molar-refractivity contribution >= 4 is 29.0 Å². The van der Waals surface area contributed by atoms with E-state index in [0.29, 0.717) is 0 Å². The highest BCUT2D eigenvalue weighted by Gasteiger charge is 2.18. The lowest BCUT2D eigenvalue weighted by Gasteiger charge is -2.08. The van der Waals surface area contributed by atoms with Crippen molar-refractivity contribution in [3.8, 4) is 0 Å². The van der Waals surface area contributed by atoms with Crippen LogP contribution >= 0.6 is 0 Å². The third-order valence-electron chi connectivity index (χ3n) is 0.642. The van der Waals surface area contributed by atoms with Crippen molar-refractivity contribution in [2.75, 3.05) is 0 Å². The maximum absolute atomic E-state index is 10.0. The van der Waals surface area contributed by atoms with Gasteiger partial charge in [0.25, 0.3) is 0 Å². The molecule has 1 N–H and O–H groups in total. The quantitative estimate of drug-likeness (QED) is 0.473. The number of aliphatic carboxylic acids is 1. The van der Waals surface area contributed by atoms with Crippen LogP contribution in [0, 0.1) is 5.41 Å². The van der Waals surface area contributed by atoms with Gasteiger partial charge in [-0.2, -0.15) is 0 Å². The Morgan fingerprint density at radius 1 is 1.38 bits per heavy atom. The van der Waals surface area contributed by atoms with Crippen LogP contribution in [0.25, 0.3) is 0 Å². The molecule has 0 aliphatic carbocycles. The summed E-state index contributed by atoms with van der Waals surface area (Å²) in [5, 5.41) is 8.25. The van der Waals surface area contributed by atoms with E-state index in [9.17, 15) is 4.79 Å². The normalized spacial score (nSPS) is 9.88. The van der Waals surface area contributed by atoms with Crippen LogP contribution in [0.3, 0.4) is 0 Å². The lowest BCUT2D eigenvalue weighted by Crippen LogP contribution is -2.18. The number of rotatable bonds is 0. The van der Waals surface area contributed by atoms with Crippen LogP contribution in [0.2, 0.25) is 0 Å². The molecule has 0 aromatic heterocycles. The molecule has 0 aliphatic heterocycles. The molecule has 0 aromatic rings. The second kappa shape index (κ2) is 3.30. The summed E-state index contributed by atoms with van der Waals surface area (Å²) in [7, 11) is 0. The Morgan fingerprint density at radius 2 is 1.50 bits per heavy atom. The third-order valence-corrected chi connectivity index (χ3v) is 0.642. The maximum atomic E-state index is 10.0. The van der Waals surface area contributed by atoms with E-state index in [2.05, 4.69) is 0 Å². The molecule has 0 rings (SSSR count). The van der Waals surface area contributed by atoms with Crippen molar-refractivity contribution in [2.45, 2.75) is 20.8 Å². The minimum atomic E-state index is -0.757. The van der Waals surface area contributed by atoms with Crippen molar-refractivity contribution in [2.24, 2.45) is 5.41 Å². The van der Waals surface area contributed by atoms with Gasteiger partial charge in [-0.05, 0) is 20.8 Å². The highest BCUT2D eigenvalue weighted by molar-refractivity contribution is 5.75. The van der Waals surface area contributed by atoms with E-state index in [0.717, 1.165) is 0 Å². The maximum Gasteiger partial charge on any atom is 0.316 e. The van der Waals surface area contributed by atoms with Crippen molar-refractivity contribution in [1.29, 1.82) is 0 Å². The minimum Gasteiger partial charge on any atom is -0.481 e. The highest BCUT2D eigenvalue weighted by atomic mass is 24.3. The molecule has 0 radical (unpaired) electrons. The summed E-state index contributed by atoms with van der Waals surface area (Å²) in [6.07, 6.45) is 0. The van der Waals surface area contributed by atoms with Crippen LogP contribution < -0.4 is 0 Å². The molecule has 0 aromatic carbocycles. The molecular weight excluding hydrogens is 116 g/mol. The van der Waals surface area contributed by atoms with Crippen LogP contribution in [-0.4, -0.2) is 34.1 Å². The van der Waals surface area contributed by atoms with E-state index in [4.69, 9.17) is 5.11 Å². The highest BCUT2D eigenvalue weighted by Crippen LogP contribution is 2.11. The monoisotopic (exact) mass is 128 g/mol. The van der Waals surface area contributed by atoms with E-state index < -0.39 is 11.4 Å². The average molecular weight is 128 g/mol. The Morgan fingerprint density at radius 3 is 1.50 bits per heavy atom. The first-order valence-electron chi connectivity index (χ1n) is 2.18. The van der Waals surface area contributed by atoms with Crippen LogP contribution in [0.5, 0.6) is 0 Å². The van der Waals surface area contributed by atoms with Gasteiger partial charge in [0.1, 0.15) is 0 Å². The Bertz CT molecular complexity index is 82.9. The zero-order valence-corrected chi connectivity index (χ0v) is 4.86. The van der Waals surface area contributed by atoms with E-state index in [1.54, 1.807) is 20.8 Å². The molecule has 0 saturated heterocycles. The molecular formula is C5H12MgO2. The van der Waals surface area contributed by atoms with Gasteiger partial charge < -0.3 is 5.11 Å². The van der Waals surface area contributed by atoms with Gasteiger partial charge in [-0.15, -0.1) is 0 Å². The fraction of sp³-hybridized carbons (Fsp3) is 0.800. The van der Waals surface area contributed by atoms with E-state index in [1.807, 2.05) is 0 Å². The molecule has 0 heterocycles. The Kier molecular flexibility index (Phi) is 4.57. The first kappa shape index (κ1) is 11.1. The molecule has 0 aliphatic rings. The predicted octanol–water partition coefficient (Wildman–Crippen LogP) is 0.201. The molecule has 8 heavy (non-hydrogen) atoms. The van der Waals surface area contributed by atoms with Gasteiger partial charge in [0.05, 0.1) is 5.41 Å². The second-order valence-electron chi connectivity index (χ2n) is 2.56. The summed E-state index contributed by atoms with van der Waals surface area (Å²) in [5.74, 6) is -0.757. The topological polar surface area (TPSA) is 37.3 Å². The van der Waals surface area contributed by atoms with Gasteiger partial charge in [-0.1, -0.05) is 0 Å². The Labute approximate surface area is 65.4 Å². The number of carboxylic acid groups (broad SMARTS) is 1. The number of carbonyl (C=O) groups is 1. The molecule has 0 fully saturated rings. The number of hydrogen-bond donors (Lipinski definition) is 1. The van der Waals surface area contributed by atoms with E-state index in [1.165, 1.54) is 0 Å². The molecule has 0 spiro atoms. The summed E-state index contributed by atoms with van der Waals surface area (Å²) >= 11 is 0. The predicted molar refractivity (Wildman–Crippen MR) is 35.6 cm³/mol. The largest absolute Gasteiger partial charge is 0.481 e. The van der Waals surface area contributed by atoms with Gasteiger partial charge in [0, 0.05) is 0 Å². The molecule has 0 amide bonds. The smallest absolute Gasteiger partial charge is 0.316 e. The third kappa shape index (κ3) is 4.40. The summed E-state index contributed by atoms with van der Waals surface area (Å²) in [6, 6.07) is 0. The number of hydrogen-bond acceptors (Lipinski definition) is 1. The standard InChI is InChI=1S/C5H10O2.Mg.2H/c1-5(2,3)4(6)7;;;/h1-3H3,(H,6,7);;;.